The van der Waals surface area contributed by atoms with Crippen LogP contribution in [-0.2, 0) is 16.6 Å². The summed E-state index contributed by atoms with van der Waals surface area (Å²) in [6.45, 7) is 0.159. The van der Waals surface area contributed by atoms with E-state index in [4.69, 9.17) is 5.84 Å². The molecule has 0 unspecified atom stereocenters. The Morgan fingerprint density at radius 2 is 2.21 bits per heavy atom. The van der Waals surface area contributed by atoms with E-state index in [-0.39, 0.29) is 11.4 Å². The number of nitrogen functional groups attached to an aromatic ring is 1. The minimum absolute atomic E-state index is 0.0977. The molecular weight excluding hydrogens is 268 g/mol. The van der Waals surface area contributed by atoms with E-state index in [0.29, 0.717) is 11.6 Å². The molecule has 2 rings (SSSR count). The summed E-state index contributed by atoms with van der Waals surface area (Å²) in [5.41, 5.74) is 2.34. The maximum absolute atomic E-state index is 12.3. The lowest BCUT2D eigenvalue weighted by Crippen LogP contribution is -2.27. The number of rotatable bonds is 5. The quantitative estimate of drug-likeness (QED) is 0.521. The molecule has 0 aromatic carbocycles. The first-order valence-corrected chi connectivity index (χ1v) is 6.85. The van der Waals surface area contributed by atoms with Crippen molar-refractivity contribution in [1.29, 1.82) is 0 Å². The van der Waals surface area contributed by atoms with Crippen molar-refractivity contribution >= 4 is 15.8 Å². The van der Waals surface area contributed by atoms with E-state index in [0.717, 1.165) is 0 Å². The smallest absolute Gasteiger partial charge is 0.244 e. The number of pyridine rings is 1. The molecule has 0 aliphatic carbocycles. The molecule has 19 heavy (non-hydrogen) atoms. The van der Waals surface area contributed by atoms with Crippen LogP contribution in [0.2, 0.25) is 0 Å². The third-order valence-corrected chi connectivity index (χ3v) is 4.31. The standard InChI is InChI=1S/C10H14N6O2S/c1-16(7-10-12-4-5-13-10)19(17,18)8-2-3-9(15-11)14-6-8/h2-6H,7,11H2,1H3,(H,12,13)(H,14,15). The lowest BCUT2D eigenvalue weighted by atomic mass is 10.5. The van der Waals surface area contributed by atoms with Crippen LogP contribution in [0, 0.1) is 0 Å². The highest BCUT2D eigenvalue weighted by molar-refractivity contribution is 7.89. The lowest BCUT2D eigenvalue weighted by molar-refractivity contribution is 0.458. The van der Waals surface area contributed by atoms with Crippen LogP contribution in [0.5, 0.6) is 0 Å². The zero-order valence-corrected chi connectivity index (χ0v) is 11.1. The molecule has 0 aliphatic heterocycles. The fourth-order valence-electron chi connectivity index (χ4n) is 1.48. The van der Waals surface area contributed by atoms with E-state index < -0.39 is 10.0 Å². The minimum atomic E-state index is -3.60. The molecule has 0 fully saturated rings. The van der Waals surface area contributed by atoms with Gasteiger partial charge in [0.15, 0.2) is 0 Å². The number of imidazole rings is 1. The van der Waals surface area contributed by atoms with Gasteiger partial charge in [-0.2, -0.15) is 4.31 Å². The molecule has 0 bridgehead atoms. The largest absolute Gasteiger partial charge is 0.347 e. The number of hydrazine groups is 1. The van der Waals surface area contributed by atoms with E-state index in [2.05, 4.69) is 20.4 Å². The molecule has 0 saturated carbocycles. The molecule has 0 spiro atoms. The average Bonchev–Trinajstić information content (AvgIpc) is 2.91. The highest BCUT2D eigenvalue weighted by Gasteiger charge is 2.21. The van der Waals surface area contributed by atoms with Gasteiger partial charge < -0.3 is 10.4 Å². The Morgan fingerprint density at radius 3 is 2.74 bits per heavy atom. The highest BCUT2D eigenvalue weighted by atomic mass is 32.2. The molecule has 0 amide bonds. The first-order valence-electron chi connectivity index (χ1n) is 5.41. The molecule has 9 heteroatoms. The van der Waals surface area contributed by atoms with E-state index >= 15 is 0 Å². The Kier molecular flexibility index (Phi) is 3.79. The zero-order valence-electron chi connectivity index (χ0n) is 10.2. The molecule has 2 aromatic rings. The summed E-state index contributed by atoms with van der Waals surface area (Å²) in [7, 11) is -2.12. The predicted molar refractivity (Wildman–Crippen MR) is 69.3 cm³/mol. The van der Waals surface area contributed by atoms with Crippen molar-refractivity contribution in [1.82, 2.24) is 19.3 Å². The van der Waals surface area contributed by atoms with Gasteiger partial charge in [0.25, 0.3) is 0 Å². The molecule has 0 aliphatic rings. The molecule has 2 heterocycles. The SMILES string of the molecule is CN(Cc1ncc[nH]1)S(=O)(=O)c1ccc(NN)nc1. The number of aromatic nitrogens is 3. The number of aromatic amines is 1. The number of H-pyrrole nitrogens is 1. The number of sulfonamides is 1. The fourth-order valence-corrected chi connectivity index (χ4v) is 2.56. The maximum atomic E-state index is 12.3. The van der Waals surface area contributed by atoms with E-state index in [9.17, 15) is 8.42 Å². The fraction of sp³-hybridized carbons (Fsp3) is 0.200. The highest BCUT2D eigenvalue weighted by Crippen LogP contribution is 2.16. The van der Waals surface area contributed by atoms with Crippen molar-refractivity contribution in [3.63, 3.8) is 0 Å². The second kappa shape index (κ2) is 5.34. The number of nitrogens with one attached hydrogen (secondary N) is 2. The van der Waals surface area contributed by atoms with Crippen LogP contribution in [0.4, 0.5) is 5.82 Å². The van der Waals surface area contributed by atoms with Crippen molar-refractivity contribution in [3.05, 3.63) is 36.5 Å². The molecule has 2 aromatic heterocycles. The van der Waals surface area contributed by atoms with Crippen molar-refractivity contribution in [2.45, 2.75) is 11.4 Å². The van der Waals surface area contributed by atoms with Gasteiger partial charge in [-0.15, -0.1) is 0 Å². The van der Waals surface area contributed by atoms with E-state index in [1.54, 1.807) is 12.4 Å². The summed E-state index contributed by atoms with van der Waals surface area (Å²) in [6, 6.07) is 2.93. The van der Waals surface area contributed by atoms with E-state index in [1.165, 1.54) is 29.7 Å². The normalized spacial score (nSPS) is 11.7. The molecule has 0 atom stereocenters. The predicted octanol–water partition coefficient (Wildman–Crippen LogP) is -0.0890. The molecule has 8 nitrogen and oxygen atoms in total. The number of hydrogen-bond donors (Lipinski definition) is 3. The molecule has 0 saturated heterocycles. The van der Waals surface area contributed by atoms with Crippen LogP contribution < -0.4 is 11.3 Å². The Morgan fingerprint density at radius 1 is 1.42 bits per heavy atom. The average molecular weight is 282 g/mol. The van der Waals surface area contributed by atoms with Crippen molar-refractivity contribution in [2.24, 2.45) is 5.84 Å². The summed E-state index contributed by atoms with van der Waals surface area (Å²) in [6.07, 6.45) is 4.46. The monoisotopic (exact) mass is 282 g/mol. The second-order valence-corrected chi connectivity index (χ2v) is 5.87. The molecule has 4 N–H and O–H groups in total. The third-order valence-electron chi connectivity index (χ3n) is 2.52. The Labute approximate surface area is 110 Å². The maximum Gasteiger partial charge on any atom is 0.244 e. The lowest BCUT2D eigenvalue weighted by Gasteiger charge is -2.15. The Hall–Kier alpha value is -1.97. The number of anilines is 1. The van der Waals surface area contributed by atoms with Crippen LogP contribution in [0.25, 0.3) is 0 Å². The van der Waals surface area contributed by atoms with Gasteiger partial charge in [-0.1, -0.05) is 0 Å². The first-order chi connectivity index (χ1) is 9.04. The number of hydrogen-bond acceptors (Lipinski definition) is 6. The van der Waals surface area contributed by atoms with Crippen molar-refractivity contribution in [3.8, 4) is 0 Å². The van der Waals surface area contributed by atoms with Gasteiger partial charge in [-0.05, 0) is 12.1 Å². The zero-order chi connectivity index (χ0) is 13.9. The molecule has 102 valence electrons. The van der Waals surface area contributed by atoms with Crippen LogP contribution in [0.1, 0.15) is 5.82 Å². The Bertz CT molecular complexity index is 623. The van der Waals surface area contributed by atoms with Crippen LogP contribution in [0.15, 0.2) is 35.6 Å². The molecular formula is C10H14N6O2S. The number of nitrogens with zero attached hydrogens (tertiary/aromatic N) is 3. The van der Waals surface area contributed by atoms with Gasteiger partial charge in [0.05, 0.1) is 6.54 Å². The van der Waals surface area contributed by atoms with Gasteiger partial charge in [-0.3, -0.25) is 0 Å². The van der Waals surface area contributed by atoms with Crippen molar-refractivity contribution in [2.75, 3.05) is 12.5 Å². The van der Waals surface area contributed by atoms with Gasteiger partial charge in [-0.25, -0.2) is 24.2 Å². The van der Waals surface area contributed by atoms with Gasteiger partial charge in [0, 0.05) is 25.6 Å². The Balaban J connectivity index is 2.20. The molecule has 0 radical (unpaired) electrons. The van der Waals surface area contributed by atoms with Gasteiger partial charge in [0.2, 0.25) is 10.0 Å². The summed E-state index contributed by atoms with van der Waals surface area (Å²) in [4.78, 5) is 10.8. The summed E-state index contributed by atoms with van der Waals surface area (Å²) >= 11 is 0. The summed E-state index contributed by atoms with van der Waals surface area (Å²) < 4.78 is 25.7. The van der Waals surface area contributed by atoms with Crippen LogP contribution in [-0.4, -0.2) is 34.7 Å². The van der Waals surface area contributed by atoms with Crippen LogP contribution >= 0.6 is 0 Å². The first kappa shape index (κ1) is 13.5. The topological polar surface area (TPSA) is 117 Å². The second-order valence-electron chi connectivity index (χ2n) is 3.82. The van der Waals surface area contributed by atoms with Gasteiger partial charge in [0.1, 0.15) is 16.5 Å². The van der Waals surface area contributed by atoms with Crippen molar-refractivity contribution < 1.29 is 8.42 Å². The number of nitrogens with two attached hydrogens (primary N) is 1. The van der Waals surface area contributed by atoms with E-state index in [1.807, 2.05) is 0 Å². The van der Waals surface area contributed by atoms with Crippen LogP contribution in [0.3, 0.4) is 0 Å². The van der Waals surface area contributed by atoms with Gasteiger partial charge >= 0.3 is 0 Å². The third kappa shape index (κ3) is 2.89. The summed E-state index contributed by atoms with van der Waals surface area (Å²) in [5.74, 6) is 6.14. The summed E-state index contributed by atoms with van der Waals surface area (Å²) in [5, 5.41) is 0. The minimum Gasteiger partial charge on any atom is -0.347 e.